The number of anilines is 1. The molecule has 0 aliphatic heterocycles. The number of hydrogen-bond acceptors (Lipinski definition) is 4. The van der Waals surface area contributed by atoms with Crippen LogP contribution in [0.25, 0.3) is 5.52 Å². The fraction of sp³-hybridized carbons (Fsp3) is 0.417. The van der Waals surface area contributed by atoms with Gasteiger partial charge in [-0.15, -0.1) is 0 Å². The van der Waals surface area contributed by atoms with Gasteiger partial charge in [-0.3, -0.25) is 4.79 Å². The van der Waals surface area contributed by atoms with Gasteiger partial charge in [0, 0.05) is 18.9 Å². The molecule has 0 bridgehead atoms. The van der Waals surface area contributed by atoms with Crippen LogP contribution in [0, 0.1) is 6.92 Å². The molecule has 0 fully saturated rings. The van der Waals surface area contributed by atoms with Crippen LogP contribution >= 0.6 is 0 Å². The molecule has 0 unspecified atom stereocenters. The molecule has 0 saturated heterocycles. The highest BCUT2D eigenvalue weighted by Crippen LogP contribution is 2.13. The van der Waals surface area contributed by atoms with Crippen molar-refractivity contribution in [3.05, 3.63) is 24.2 Å². The Morgan fingerprint density at radius 3 is 3.11 bits per heavy atom. The monoisotopic (exact) mass is 247 g/mol. The van der Waals surface area contributed by atoms with Crippen LogP contribution in [-0.2, 0) is 4.79 Å². The summed E-state index contributed by atoms with van der Waals surface area (Å²) >= 11 is 0. The van der Waals surface area contributed by atoms with Crippen LogP contribution in [0.5, 0.6) is 0 Å². The van der Waals surface area contributed by atoms with Gasteiger partial charge < -0.3 is 10.6 Å². The molecule has 0 saturated carbocycles. The Bertz CT molecular complexity index is 548. The molecular formula is C12H17N5O. The van der Waals surface area contributed by atoms with E-state index in [0.29, 0.717) is 12.4 Å². The van der Waals surface area contributed by atoms with Crippen LogP contribution in [0.1, 0.15) is 19.0 Å². The van der Waals surface area contributed by atoms with Crippen LogP contribution in [0.2, 0.25) is 0 Å². The fourth-order valence-electron chi connectivity index (χ4n) is 1.67. The fourth-order valence-corrected chi connectivity index (χ4v) is 1.67. The number of carbonyl (C=O) groups excluding carboxylic acids is 1. The Morgan fingerprint density at radius 1 is 1.50 bits per heavy atom. The molecular weight excluding hydrogens is 230 g/mol. The summed E-state index contributed by atoms with van der Waals surface area (Å²) in [6.45, 7) is 4.86. The normalized spacial score (nSPS) is 10.6. The van der Waals surface area contributed by atoms with Crippen molar-refractivity contribution in [3.63, 3.8) is 0 Å². The first-order chi connectivity index (χ1) is 8.70. The van der Waals surface area contributed by atoms with Crippen molar-refractivity contribution < 1.29 is 4.79 Å². The maximum atomic E-state index is 11.5. The molecule has 0 aliphatic carbocycles. The first kappa shape index (κ1) is 12.3. The highest BCUT2D eigenvalue weighted by Gasteiger charge is 2.06. The summed E-state index contributed by atoms with van der Waals surface area (Å²) in [5.41, 5.74) is 1.79. The first-order valence-electron chi connectivity index (χ1n) is 6.02. The van der Waals surface area contributed by atoms with Gasteiger partial charge in [0.2, 0.25) is 5.91 Å². The second-order valence-corrected chi connectivity index (χ2v) is 4.09. The topological polar surface area (TPSA) is 71.3 Å². The number of aromatic nitrogens is 3. The molecule has 96 valence electrons. The standard InChI is InChI=1S/C12H17N5O/c1-3-4-13-11(18)8-15-12-10-7-9(2)16-17(10)6-5-14-12/h5-7H,3-4,8H2,1-2H3,(H,13,18)(H,14,15). The largest absolute Gasteiger partial charge is 0.359 e. The van der Waals surface area contributed by atoms with Gasteiger partial charge in [0.15, 0.2) is 5.82 Å². The summed E-state index contributed by atoms with van der Waals surface area (Å²) in [7, 11) is 0. The summed E-state index contributed by atoms with van der Waals surface area (Å²) in [6.07, 6.45) is 4.37. The van der Waals surface area contributed by atoms with E-state index in [1.807, 2.05) is 19.9 Å². The number of carbonyl (C=O) groups is 1. The molecule has 6 nitrogen and oxygen atoms in total. The SMILES string of the molecule is CCCNC(=O)CNc1nccn2nc(C)cc12. The second-order valence-electron chi connectivity index (χ2n) is 4.09. The van der Waals surface area contributed by atoms with Crippen molar-refractivity contribution in [1.29, 1.82) is 0 Å². The van der Waals surface area contributed by atoms with E-state index < -0.39 is 0 Å². The summed E-state index contributed by atoms with van der Waals surface area (Å²) < 4.78 is 1.74. The summed E-state index contributed by atoms with van der Waals surface area (Å²) in [5.74, 6) is 0.640. The quantitative estimate of drug-likeness (QED) is 0.826. The van der Waals surface area contributed by atoms with Crippen molar-refractivity contribution in [3.8, 4) is 0 Å². The lowest BCUT2D eigenvalue weighted by atomic mass is 10.4. The van der Waals surface area contributed by atoms with E-state index >= 15 is 0 Å². The number of amides is 1. The van der Waals surface area contributed by atoms with E-state index in [-0.39, 0.29) is 12.5 Å². The maximum absolute atomic E-state index is 11.5. The number of nitrogens with one attached hydrogen (secondary N) is 2. The molecule has 0 atom stereocenters. The zero-order chi connectivity index (χ0) is 13.0. The molecule has 2 aromatic heterocycles. The van der Waals surface area contributed by atoms with Crippen LogP contribution in [0.15, 0.2) is 18.5 Å². The maximum Gasteiger partial charge on any atom is 0.239 e. The predicted molar refractivity (Wildman–Crippen MR) is 69.5 cm³/mol. The van der Waals surface area contributed by atoms with Gasteiger partial charge in [-0.05, 0) is 19.4 Å². The van der Waals surface area contributed by atoms with E-state index in [9.17, 15) is 4.79 Å². The summed E-state index contributed by atoms with van der Waals surface area (Å²) in [5, 5.41) is 10.1. The zero-order valence-electron chi connectivity index (χ0n) is 10.6. The second kappa shape index (κ2) is 5.48. The van der Waals surface area contributed by atoms with Crippen molar-refractivity contribution in [1.82, 2.24) is 19.9 Å². The zero-order valence-corrected chi connectivity index (χ0v) is 10.6. The van der Waals surface area contributed by atoms with Gasteiger partial charge in [0.25, 0.3) is 0 Å². The molecule has 2 heterocycles. The molecule has 0 aromatic carbocycles. The third kappa shape index (κ3) is 2.77. The molecule has 0 spiro atoms. The van der Waals surface area contributed by atoms with E-state index in [1.165, 1.54) is 0 Å². The Balaban J connectivity index is 2.05. The van der Waals surface area contributed by atoms with E-state index in [2.05, 4.69) is 20.7 Å². The number of nitrogens with zero attached hydrogens (tertiary/aromatic N) is 3. The molecule has 2 N–H and O–H groups in total. The van der Waals surface area contributed by atoms with Gasteiger partial charge in [-0.25, -0.2) is 9.50 Å². The third-order valence-electron chi connectivity index (χ3n) is 2.50. The van der Waals surface area contributed by atoms with Crippen molar-refractivity contribution >= 4 is 17.2 Å². The highest BCUT2D eigenvalue weighted by molar-refractivity contribution is 5.82. The minimum absolute atomic E-state index is 0.0307. The predicted octanol–water partition coefficient (Wildman–Crippen LogP) is 0.976. The molecule has 2 aromatic rings. The lowest BCUT2D eigenvalue weighted by Gasteiger charge is -2.07. The highest BCUT2D eigenvalue weighted by atomic mass is 16.1. The van der Waals surface area contributed by atoms with Gasteiger partial charge in [0.05, 0.1) is 12.2 Å². The van der Waals surface area contributed by atoms with Crippen LogP contribution in [-0.4, -0.2) is 33.6 Å². The smallest absolute Gasteiger partial charge is 0.239 e. The number of rotatable bonds is 5. The minimum Gasteiger partial charge on any atom is -0.359 e. The molecule has 6 heteroatoms. The van der Waals surface area contributed by atoms with Crippen molar-refractivity contribution in [2.45, 2.75) is 20.3 Å². The third-order valence-corrected chi connectivity index (χ3v) is 2.50. The van der Waals surface area contributed by atoms with Gasteiger partial charge in [-0.1, -0.05) is 6.92 Å². The molecule has 0 radical (unpaired) electrons. The van der Waals surface area contributed by atoms with E-state index in [0.717, 1.165) is 17.6 Å². The van der Waals surface area contributed by atoms with Crippen molar-refractivity contribution in [2.24, 2.45) is 0 Å². The van der Waals surface area contributed by atoms with E-state index in [1.54, 1.807) is 16.9 Å². The van der Waals surface area contributed by atoms with Crippen LogP contribution < -0.4 is 10.6 Å². The molecule has 18 heavy (non-hydrogen) atoms. The lowest BCUT2D eigenvalue weighted by Crippen LogP contribution is -2.30. The van der Waals surface area contributed by atoms with Gasteiger partial charge >= 0.3 is 0 Å². The van der Waals surface area contributed by atoms with Crippen LogP contribution in [0.3, 0.4) is 0 Å². The Labute approximate surface area is 105 Å². The Kier molecular flexibility index (Phi) is 3.76. The van der Waals surface area contributed by atoms with Gasteiger partial charge in [0.1, 0.15) is 5.52 Å². The Morgan fingerprint density at radius 2 is 2.33 bits per heavy atom. The van der Waals surface area contributed by atoms with Crippen LogP contribution in [0.4, 0.5) is 5.82 Å². The lowest BCUT2D eigenvalue weighted by molar-refractivity contribution is -0.119. The number of fused-ring (bicyclic) bond motifs is 1. The molecule has 0 aliphatic rings. The number of hydrogen-bond donors (Lipinski definition) is 2. The number of aryl methyl sites for hydroxylation is 1. The average Bonchev–Trinajstić information content (AvgIpc) is 2.74. The summed E-state index contributed by atoms with van der Waals surface area (Å²) in [6, 6.07) is 1.93. The summed E-state index contributed by atoms with van der Waals surface area (Å²) in [4.78, 5) is 15.7. The van der Waals surface area contributed by atoms with E-state index in [4.69, 9.17) is 0 Å². The first-order valence-corrected chi connectivity index (χ1v) is 6.02. The Hall–Kier alpha value is -2.11. The average molecular weight is 247 g/mol. The van der Waals surface area contributed by atoms with Gasteiger partial charge in [-0.2, -0.15) is 5.10 Å². The van der Waals surface area contributed by atoms with Crippen molar-refractivity contribution in [2.75, 3.05) is 18.4 Å². The molecule has 1 amide bonds. The minimum atomic E-state index is -0.0307. The molecule has 2 rings (SSSR count).